The molecule has 5 nitrogen and oxygen atoms in total. The van der Waals surface area contributed by atoms with Crippen LogP contribution in [0.3, 0.4) is 0 Å². The van der Waals surface area contributed by atoms with E-state index >= 15 is 0 Å². The number of para-hydroxylation sites is 1. The second-order valence-electron chi connectivity index (χ2n) is 7.54. The van der Waals surface area contributed by atoms with E-state index < -0.39 is 0 Å². The SMILES string of the molecule is CC(c1ccccc1)n1cnc2c(c(-c3ccc(O)cc3)cn2-c2ccccc2)c1=O. The number of aromatic nitrogens is 3. The van der Waals surface area contributed by atoms with E-state index in [1.54, 1.807) is 23.0 Å². The van der Waals surface area contributed by atoms with Gasteiger partial charge < -0.3 is 9.67 Å². The van der Waals surface area contributed by atoms with Gasteiger partial charge in [0.15, 0.2) is 5.65 Å². The molecule has 5 heteroatoms. The van der Waals surface area contributed by atoms with Gasteiger partial charge in [-0.25, -0.2) is 4.98 Å². The highest BCUT2D eigenvalue weighted by Gasteiger charge is 2.19. The van der Waals surface area contributed by atoms with Crippen molar-refractivity contribution in [1.29, 1.82) is 0 Å². The molecule has 1 N–H and O–H groups in total. The van der Waals surface area contributed by atoms with Crippen molar-refractivity contribution in [2.24, 2.45) is 0 Å². The molecule has 0 spiro atoms. The van der Waals surface area contributed by atoms with Crippen LogP contribution in [0.25, 0.3) is 27.8 Å². The van der Waals surface area contributed by atoms with Crippen molar-refractivity contribution in [1.82, 2.24) is 14.1 Å². The molecule has 0 aliphatic carbocycles. The Bertz CT molecular complexity index is 1400. The molecule has 0 aliphatic heterocycles. The summed E-state index contributed by atoms with van der Waals surface area (Å²) in [5.74, 6) is 0.184. The van der Waals surface area contributed by atoms with E-state index in [2.05, 4.69) is 0 Å². The number of hydrogen-bond donors (Lipinski definition) is 1. The lowest BCUT2D eigenvalue weighted by atomic mass is 10.1. The van der Waals surface area contributed by atoms with Crippen molar-refractivity contribution in [3.8, 4) is 22.6 Å². The van der Waals surface area contributed by atoms with Gasteiger partial charge in [0.1, 0.15) is 12.1 Å². The molecule has 31 heavy (non-hydrogen) atoms. The number of phenolic OH excluding ortho intramolecular Hbond substituents is 1. The first-order chi connectivity index (χ1) is 15.1. The summed E-state index contributed by atoms with van der Waals surface area (Å²) in [5.41, 5.74) is 4.11. The number of aromatic hydroxyl groups is 1. The maximum atomic E-state index is 13.7. The Kier molecular flexibility index (Phi) is 4.64. The lowest BCUT2D eigenvalue weighted by molar-refractivity contribution is 0.475. The third kappa shape index (κ3) is 3.30. The highest BCUT2D eigenvalue weighted by atomic mass is 16.3. The number of hydrogen-bond acceptors (Lipinski definition) is 3. The number of benzene rings is 3. The lowest BCUT2D eigenvalue weighted by Gasteiger charge is -2.15. The van der Waals surface area contributed by atoms with Gasteiger partial charge in [0.05, 0.1) is 11.4 Å². The van der Waals surface area contributed by atoms with Crippen LogP contribution in [0.1, 0.15) is 18.5 Å². The fraction of sp³-hybridized carbons (Fsp3) is 0.0769. The molecule has 5 rings (SSSR count). The van der Waals surface area contributed by atoms with E-state index in [4.69, 9.17) is 4.98 Å². The highest BCUT2D eigenvalue weighted by Crippen LogP contribution is 2.31. The van der Waals surface area contributed by atoms with E-state index in [1.165, 1.54) is 0 Å². The monoisotopic (exact) mass is 407 g/mol. The van der Waals surface area contributed by atoms with Gasteiger partial charge in [-0.2, -0.15) is 0 Å². The van der Waals surface area contributed by atoms with Crippen molar-refractivity contribution in [2.45, 2.75) is 13.0 Å². The van der Waals surface area contributed by atoms with Crippen molar-refractivity contribution in [3.05, 3.63) is 113 Å². The van der Waals surface area contributed by atoms with Crippen LogP contribution in [0.15, 0.2) is 102 Å². The number of fused-ring (bicyclic) bond motifs is 1. The van der Waals surface area contributed by atoms with Crippen LogP contribution in [0.5, 0.6) is 5.75 Å². The molecule has 1 atom stereocenters. The largest absolute Gasteiger partial charge is 0.508 e. The lowest BCUT2D eigenvalue weighted by Crippen LogP contribution is -2.24. The molecule has 0 fully saturated rings. The first kappa shape index (κ1) is 18.9. The van der Waals surface area contributed by atoms with Gasteiger partial charge in [-0.3, -0.25) is 9.36 Å². The summed E-state index contributed by atoms with van der Waals surface area (Å²) in [6, 6.07) is 26.5. The molecule has 0 saturated heterocycles. The summed E-state index contributed by atoms with van der Waals surface area (Å²) in [5, 5.41) is 10.3. The first-order valence-electron chi connectivity index (χ1n) is 10.2. The zero-order valence-electron chi connectivity index (χ0n) is 17.0. The predicted octanol–water partition coefficient (Wildman–Crippen LogP) is 5.17. The van der Waals surface area contributed by atoms with Crippen LogP contribution in [0.4, 0.5) is 0 Å². The minimum Gasteiger partial charge on any atom is -0.508 e. The molecule has 3 aromatic carbocycles. The number of phenols is 1. The van der Waals surface area contributed by atoms with Crippen molar-refractivity contribution >= 4 is 11.0 Å². The molecular formula is C26H21N3O2. The van der Waals surface area contributed by atoms with E-state index in [-0.39, 0.29) is 17.4 Å². The molecule has 2 aromatic heterocycles. The van der Waals surface area contributed by atoms with Crippen molar-refractivity contribution in [2.75, 3.05) is 0 Å². The second-order valence-corrected chi connectivity index (χ2v) is 7.54. The van der Waals surface area contributed by atoms with E-state index in [9.17, 15) is 9.90 Å². The van der Waals surface area contributed by atoms with Gasteiger partial charge >= 0.3 is 0 Å². The average molecular weight is 407 g/mol. The van der Waals surface area contributed by atoms with Crippen LogP contribution >= 0.6 is 0 Å². The Morgan fingerprint density at radius 2 is 1.52 bits per heavy atom. The van der Waals surface area contributed by atoms with Gasteiger partial charge in [-0.05, 0) is 42.3 Å². The summed E-state index contributed by atoms with van der Waals surface area (Å²) in [6.07, 6.45) is 3.57. The maximum Gasteiger partial charge on any atom is 0.264 e. The fourth-order valence-electron chi connectivity index (χ4n) is 3.95. The molecule has 0 bridgehead atoms. The zero-order valence-corrected chi connectivity index (χ0v) is 17.0. The van der Waals surface area contributed by atoms with Crippen molar-refractivity contribution in [3.63, 3.8) is 0 Å². The second kappa shape index (κ2) is 7.61. The Hall–Kier alpha value is -4.12. The molecule has 5 aromatic rings. The molecular weight excluding hydrogens is 386 g/mol. The average Bonchev–Trinajstić information content (AvgIpc) is 3.21. The molecule has 0 aliphatic rings. The summed E-state index contributed by atoms with van der Waals surface area (Å²) in [7, 11) is 0. The Labute approximate surface area is 179 Å². The summed E-state index contributed by atoms with van der Waals surface area (Å²) >= 11 is 0. The fourth-order valence-corrected chi connectivity index (χ4v) is 3.95. The molecule has 152 valence electrons. The number of rotatable bonds is 4. The van der Waals surface area contributed by atoms with Gasteiger partial charge in [0, 0.05) is 17.4 Å². The maximum absolute atomic E-state index is 13.7. The standard InChI is InChI=1S/C26H21N3O2/c1-18(19-8-4-2-5-9-19)29-17-27-25-24(26(29)31)23(20-12-14-22(30)15-13-20)16-28(25)21-10-6-3-7-11-21/h2-18,30H,1H3. The van der Waals surface area contributed by atoms with Crippen LogP contribution in [0, 0.1) is 0 Å². The minimum atomic E-state index is -0.154. The minimum absolute atomic E-state index is 0.0980. The molecule has 0 amide bonds. The molecule has 0 saturated carbocycles. The third-order valence-electron chi connectivity index (χ3n) is 5.64. The predicted molar refractivity (Wildman–Crippen MR) is 123 cm³/mol. The Morgan fingerprint density at radius 3 is 2.19 bits per heavy atom. The van der Waals surface area contributed by atoms with Gasteiger partial charge in [-0.1, -0.05) is 60.7 Å². The third-order valence-corrected chi connectivity index (χ3v) is 5.64. The Balaban J connectivity index is 1.78. The van der Waals surface area contributed by atoms with E-state index in [0.29, 0.717) is 11.0 Å². The van der Waals surface area contributed by atoms with Gasteiger partial charge in [0.2, 0.25) is 0 Å². The molecule has 2 heterocycles. The van der Waals surface area contributed by atoms with E-state index in [1.807, 2.05) is 90.5 Å². The quantitative estimate of drug-likeness (QED) is 0.447. The van der Waals surface area contributed by atoms with Crippen molar-refractivity contribution < 1.29 is 5.11 Å². The molecule has 1 unspecified atom stereocenters. The summed E-state index contributed by atoms with van der Waals surface area (Å²) in [6.45, 7) is 2.00. The number of nitrogens with zero attached hydrogens (tertiary/aromatic N) is 3. The highest BCUT2D eigenvalue weighted by molar-refractivity contribution is 5.94. The zero-order chi connectivity index (χ0) is 21.4. The van der Waals surface area contributed by atoms with Crippen LogP contribution in [0.2, 0.25) is 0 Å². The Morgan fingerprint density at radius 1 is 0.871 bits per heavy atom. The summed E-state index contributed by atoms with van der Waals surface area (Å²) in [4.78, 5) is 18.4. The topological polar surface area (TPSA) is 60.0 Å². The smallest absolute Gasteiger partial charge is 0.264 e. The summed E-state index contributed by atoms with van der Waals surface area (Å²) < 4.78 is 3.62. The van der Waals surface area contributed by atoms with E-state index in [0.717, 1.165) is 22.4 Å². The van der Waals surface area contributed by atoms with Gasteiger partial charge in [0.25, 0.3) is 5.56 Å². The van der Waals surface area contributed by atoms with Gasteiger partial charge in [-0.15, -0.1) is 0 Å². The normalized spacial score (nSPS) is 12.2. The van der Waals surface area contributed by atoms with Crippen LogP contribution in [-0.4, -0.2) is 19.2 Å². The van der Waals surface area contributed by atoms with Crippen LogP contribution < -0.4 is 5.56 Å². The first-order valence-corrected chi connectivity index (χ1v) is 10.2. The molecule has 0 radical (unpaired) electrons. The van der Waals surface area contributed by atoms with Crippen LogP contribution in [-0.2, 0) is 0 Å².